The van der Waals surface area contributed by atoms with E-state index in [0.29, 0.717) is 0 Å². The fourth-order valence-corrected chi connectivity index (χ4v) is 1.88. The molecule has 0 saturated heterocycles. The van der Waals surface area contributed by atoms with Crippen LogP contribution in [-0.4, -0.2) is 6.04 Å². The van der Waals surface area contributed by atoms with Crippen molar-refractivity contribution < 1.29 is 4.42 Å². The van der Waals surface area contributed by atoms with E-state index in [0.717, 1.165) is 23.9 Å². The van der Waals surface area contributed by atoms with Gasteiger partial charge < -0.3 is 9.73 Å². The van der Waals surface area contributed by atoms with Gasteiger partial charge in [-0.25, -0.2) is 0 Å². The third kappa shape index (κ3) is 1.77. The summed E-state index contributed by atoms with van der Waals surface area (Å²) in [7, 11) is 0. The predicted octanol–water partition coefficient (Wildman–Crippen LogP) is 2.99. The first kappa shape index (κ1) is 8.98. The number of hydrogen-bond donors (Lipinski definition) is 1. The molecule has 0 unspecified atom stereocenters. The molecule has 2 nitrogen and oxygen atoms in total. The molecular formula is C13H15NO. The summed E-state index contributed by atoms with van der Waals surface area (Å²) in [6.45, 7) is 2.95. The highest BCUT2D eigenvalue weighted by atomic mass is 16.3. The van der Waals surface area contributed by atoms with Gasteiger partial charge in [0.25, 0.3) is 0 Å². The molecule has 1 fully saturated rings. The van der Waals surface area contributed by atoms with Gasteiger partial charge in [-0.05, 0) is 31.4 Å². The van der Waals surface area contributed by atoms with E-state index in [1.807, 2.05) is 0 Å². The molecule has 0 aliphatic heterocycles. The van der Waals surface area contributed by atoms with E-state index in [1.165, 1.54) is 23.8 Å². The van der Waals surface area contributed by atoms with E-state index in [2.05, 4.69) is 36.5 Å². The normalized spacial score (nSPS) is 16.1. The summed E-state index contributed by atoms with van der Waals surface area (Å²) in [4.78, 5) is 0. The van der Waals surface area contributed by atoms with Crippen molar-refractivity contribution in [1.82, 2.24) is 5.32 Å². The molecule has 1 aliphatic carbocycles. The van der Waals surface area contributed by atoms with Crippen LogP contribution in [-0.2, 0) is 6.54 Å². The standard InChI is InChI=1S/C13H15NO/c1-9-3-2-4-10-7-12(15-13(9)10)8-14-11-5-6-11/h2-4,7,11,14H,5-6,8H2,1H3. The van der Waals surface area contributed by atoms with Crippen LogP contribution >= 0.6 is 0 Å². The maximum atomic E-state index is 5.81. The molecule has 0 bridgehead atoms. The average Bonchev–Trinajstić information content (AvgIpc) is 2.95. The second kappa shape index (κ2) is 3.38. The molecule has 1 saturated carbocycles. The van der Waals surface area contributed by atoms with Crippen molar-refractivity contribution >= 4 is 11.0 Å². The van der Waals surface area contributed by atoms with E-state index in [1.54, 1.807) is 0 Å². The van der Waals surface area contributed by atoms with E-state index < -0.39 is 0 Å². The maximum Gasteiger partial charge on any atom is 0.137 e. The first-order chi connectivity index (χ1) is 7.33. The molecule has 1 N–H and O–H groups in total. The summed E-state index contributed by atoms with van der Waals surface area (Å²) in [5, 5.41) is 4.67. The van der Waals surface area contributed by atoms with Gasteiger partial charge in [-0.3, -0.25) is 0 Å². The second-order valence-corrected chi connectivity index (χ2v) is 4.36. The number of rotatable bonds is 3. The van der Waals surface area contributed by atoms with Crippen LogP contribution < -0.4 is 5.32 Å². The lowest BCUT2D eigenvalue weighted by Gasteiger charge is -1.97. The van der Waals surface area contributed by atoms with Gasteiger partial charge in [-0.2, -0.15) is 0 Å². The van der Waals surface area contributed by atoms with E-state index in [-0.39, 0.29) is 0 Å². The Morgan fingerprint density at radius 2 is 2.27 bits per heavy atom. The van der Waals surface area contributed by atoms with Gasteiger partial charge in [0, 0.05) is 11.4 Å². The lowest BCUT2D eigenvalue weighted by molar-refractivity contribution is 0.511. The third-order valence-corrected chi connectivity index (χ3v) is 2.93. The molecule has 0 atom stereocenters. The molecular weight excluding hydrogens is 186 g/mol. The molecule has 78 valence electrons. The Bertz CT molecular complexity index is 482. The summed E-state index contributed by atoms with van der Waals surface area (Å²) in [5.74, 6) is 1.05. The van der Waals surface area contributed by atoms with Gasteiger partial charge in [0.15, 0.2) is 0 Å². The van der Waals surface area contributed by atoms with Gasteiger partial charge in [-0.1, -0.05) is 18.2 Å². The summed E-state index contributed by atoms with van der Waals surface area (Å²) >= 11 is 0. The van der Waals surface area contributed by atoms with Crippen LogP contribution in [0, 0.1) is 6.92 Å². The number of aryl methyl sites for hydroxylation is 1. The Hall–Kier alpha value is -1.28. The Labute approximate surface area is 89.3 Å². The zero-order valence-corrected chi connectivity index (χ0v) is 8.92. The number of furan rings is 1. The van der Waals surface area contributed by atoms with Crippen molar-refractivity contribution in [3.8, 4) is 0 Å². The van der Waals surface area contributed by atoms with E-state index in [9.17, 15) is 0 Å². The first-order valence-corrected chi connectivity index (χ1v) is 5.54. The largest absolute Gasteiger partial charge is 0.459 e. The zero-order valence-electron chi connectivity index (χ0n) is 8.92. The third-order valence-electron chi connectivity index (χ3n) is 2.93. The molecule has 2 heteroatoms. The minimum Gasteiger partial charge on any atom is -0.459 e. The van der Waals surface area contributed by atoms with Gasteiger partial charge in [0.05, 0.1) is 6.54 Å². The van der Waals surface area contributed by atoms with E-state index >= 15 is 0 Å². The number of benzene rings is 1. The minimum atomic E-state index is 0.735. The lowest BCUT2D eigenvalue weighted by Crippen LogP contribution is -2.14. The molecule has 3 rings (SSSR count). The molecule has 1 heterocycles. The lowest BCUT2D eigenvalue weighted by atomic mass is 10.2. The SMILES string of the molecule is Cc1cccc2cc(CNC3CC3)oc12. The van der Waals surface area contributed by atoms with Gasteiger partial charge in [0.2, 0.25) is 0 Å². The topological polar surface area (TPSA) is 25.2 Å². The van der Waals surface area contributed by atoms with Crippen molar-refractivity contribution in [1.29, 1.82) is 0 Å². The highest BCUT2D eigenvalue weighted by molar-refractivity contribution is 5.80. The first-order valence-electron chi connectivity index (χ1n) is 5.54. The fraction of sp³-hybridized carbons (Fsp3) is 0.385. The Morgan fingerprint density at radius 1 is 1.40 bits per heavy atom. The number of para-hydroxylation sites is 1. The Morgan fingerprint density at radius 3 is 3.00 bits per heavy atom. The van der Waals surface area contributed by atoms with Crippen molar-refractivity contribution in [3.05, 3.63) is 35.6 Å². The second-order valence-electron chi connectivity index (χ2n) is 4.36. The fourth-order valence-electron chi connectivity index (χ4n) is 1.88. The van der Waals surface area contributed by atoms with Gasteiger partial charge in [0.1, 0.15) is 11.3 Å². The van der Waals surface area contributed by atoms with Crippen LogP contribution in [0.15, 0.2) is 28.7 Å². The number of fused-ring (bicyclic) bond motifs is 1. The van der Waals surface area contributed by atoms with Crippen LogP contribution in [0.5, 0.6) is 0 Å². The molecule has 2 aromatic rings. The van der Waals surface area contributed by atoms with Crippen LogP contribution in [0.3, 0.4) is 0 Å². The highest BCUT2D eigenvalue weighted by Crippen LogP contribution is 2.24. The monoisotopic (exact) mass is 201 g/mol. The van der Waals surface area contributed by atoms with Gasteiger partial charge in [-0.15, -0.1) is 0 Å². The molecule has 0 amide bonds. The number of nitrogens with one attached hydrogen (secondary N) is 1. The van der Waals surface area contributed by atoms with Crippen LogP contribution in [0.1, 0.15) is 24.2 Å². The van der Waals surface area contributed by atoms with Crippen molar-refractivity contribution in [2.75, 3.05) is 0 Å². The zero-order chi connectivity index (χ0) is 10.3. The smallest absolute Gasteiger partial charge is 0.137 e. The Kier molecular flexibility index (Phi) is 2.03. The van der Waals surface area contributed by atoms with Crippen LogP contribution in [0.25, 0.3) is 11.0 Å². The van der Waals surface area contributed by atoms with Crippen molar-refractivity contribution in [2.24, 2.45) is 0 Å². The number of hydrogen-bond acceptors (Lipinski definition) is 2. The predicted molar refractivity (Wildman–Crippen MR) is 60.8 cm³/mol. The molecule has 15 heavy (non-hydrogen) atoms. The quantitative estimate of drug-likeness (QED) is 0.825. The molecule has 1 aromatic heterocycles. The summed E-state index contributed by atoms with van der Waals surface area (Å²) < 4.78 is 5.81. The molecule has 0 spiro atoms. The van der Waals surface area contributed by atoms with Crippen LogP contribution in [0.4, 0.5) is 0 Å². The van der Waals surface area contributed by atoms with E-state index in [4.69, 9.17) is 4.42 Å². The maximum absolute atomic E-state index is 5.81. The molecule has 0 radical (unpaired) electrons. The average molecular weight is 201 g/mol. The molecule has 1 aliphatic rings. The van der Waals surface area contributed by atoms with Crippen molar-refractivity contribution in [2.45, 2.75) is 32.4 Å². The minimum absolute atomic E-state index is 0.735. The summed E-state index contributed by atoms with van der Waals surface area (Å²) in [5.41, 5.74) is 2.25. The van der Waals surface area contributed by atoms with Crippen molar-refractivity contribution in [3.63, 3.8) is 0 Å². The molecule has 1 aromatic carbocycles. The summed E-state index contributed by atoms with van der Waals surface area (Å²) in [6.07, 6.45) is 2.64. The van der Waals surface area contributed by atoms with Gasteiger partial charge >= 0.3 is 0 Å². The van der Waals surface area contributed by atoms with Crippen LogP contribution in [0.2, 0.25) is 0 Å². The highest BCUT2D eigenvalue weighted by Gasteiger charge is 2.20. The summed E-state index contributed by atoms with van der Waals surface area (Å²) in [6, 6.07) is 9.14. The Balaban J connectivity index is 1.88.